The maximum Gasteiger partial charge on any atom is 0.144 e. The maximum atomic E-state index is 6.17. The molecule has 0 spiro atoms. The van der Waals surface area contributed by atoms with E-state index in [1.54, 1.807) is 12.3 Å². The van der Waals surface area contributed by atoms with E-state index in [9.17, 15) is 0 Å². The predicted molar refractivity (Wildman–Crippen MR) is 90.4 cm³/mol. The molecule has 0 aliphatic carbocycles. The van der Waals surface area contributed by atoms with Crippen molar-refractivity contribution in [1.82, 2.24) is 14.8 Å². The lowest BCUT2D eigenvalue weighted by atomic mass is 10.0. The number of anilines is 1. The predicted octanol–water partition coefficient (Wildman–Crippen LogP) is 3.07. The van der Waals surface area contributed by atoms with Crippen LogP contribution in [0.4, 0.5) is 5.82 Å². The Labute approximate surface area is 137 Å². The van der Waals surface area contributed by atoms with Gasteiger partial charge in [-0.25, -0.2) is 4.98 Å². The van der Waals surface area contributed by atoms with Crippen LogP contribution >= 0.6 is 23.2 Å². The summed E-state index contributed by atoms with van der Waals surface area (Å²) in [6.45, 7) is 9.86. The molecule has 1 aliphatic rings. The molecule has 0 saturated carbocycles. The second-order valence-electron chi connectivity index (χ2n) is 6.02. The Morgan fingerprint density at radius 2 is 1.90 bits per heavy atom. The van der Waals surface area contributed by atoms with E-state index in [-0.39, 0.29) is 0 Å². The second-order valence-corrected chi connectivity index (χ2v) is 6.86. The first-order valence-corrected chi connectivity index (χ1v) is 8.20. The van der Waals surface area contributed by atoms with Gasteiger partial charge in [0.2, 0.25) is 0 Å². The van der Waals surface area contributed by atoms with Gasteiger partial charge in [-0.15, -0.1) is 0 Å². The molecule has 2 heterocycles. The topological polar surface area (TPSA) is 31.4 Å². The summed E-state index contributed by atoms with van der Waals surface area (Å²) in [5, 5.41) is 4.51. The minimum atomic E-state index is 0.479. The summed E-state index contributed by atoms with van der Waals surface area (Å²) in [4.78, 5) is 9.20. The third-order valence-electron chi connectivity index (χ3n) is 4.06. The third kappa shape index (κ3) is 4.71. The number of nitrogens with zero attached hydrogens (tertiary/aromatic N) is 3. The summed E-state index contributed by atoms with van der Waals surface area (Å²) in [5.41, 5.74) is 0. The molecule has 0 bridgehead atoms. The van der Waals surface area contributed by atoms with Gasteiger partial charge in [-0.3, -0.25) is 4.90 Å². The van der Waals surface area contributed by atoms with Gasteiger partial charge in [0.15, 0.2) is 0 Å². The molecule has 21 heavy (non-hydrogen) atoms. The zero-order valence-corrected chi connectivity index (χ0v) is 14.5. The number of hydrogen-bond donors (Lipinski definition) is 1. The van der Waals surface area contributed by atoms with Crippen molar-refractivity contribution >= 4 is 29.0 Å². The van der Waals surface area contributed by atoms with Crippen LogP contribution in [0.25, 0.3) is 0 Å². The monoisotopic (exact) mass is 330 g/mol. The maximum absolute atomic E-state index is 6.17. The second kappa shape index (κ2) is 7.63. The molecule has 0 aromatic carbocycles. The lowest BCUT2D eigenvalue weighted by molar-refractivity contribution is 0.0944. The first-order chi connectivity index (χ1) is 9.97. The van der Waals surface area contributed by atoms with Crippen LogP contribution in [-0.2, 0) is 0 Å². The van der Waals surface area contributed by atoms with Crippen molar-refractivity contribution < 1.29 is 0 Å². The Kier molecular flexibility index (Phi) is 6.11. The smallest absolute Gasteiger partial charge is 0.144 e. The molecule has 1 N–H and O–H groups in total. The van der Waals surface area contributed by atoms with Gasteiger partial charge in [-0.2, -0.15) is 0 Å². The van der Waals surface area contributed by atoms with E-state index in [2.05, 4.69) is 41.0 Å². The van der Waals surface area contributed by atoms with Crippen LogP contribution in [0.5, 0.6) is 0 Å². The van der Waals surface area contributed by atoms with Crippen molar-refractivity contribution in [2.45, 2.75) is 19.9 Å². The summed E-state index contributed by atoms with van der Waals surface area (Å²) in [7, 11) is 2.18. The molecule has 1 fully saturated rings. The van der Waals surface area contributed by atoms with Gasteiger partial charge >= 0.3 is 0 Å². The first kappa shape index (κ1) is 16.8. The Balaban J connectivity index is 1.97. The summed E-state index contributed by atoms with van der Waals surface area (Å²) in [6, 6.07) is 2.20. The highest BCUT2D eigenvalue weighted by atomic mass is 35.5. The van der Waals surface area contributed by atoms with Crippen molar-refractivity contribution in [2.24, 2.45) is 5.92 Å². The average molecular weight is 331 g/mol. The van der Waals surface area contributed by atoms with Gasteiger partial charge in [0.1, 0.15) is 5.82 Å². The number of likely N-dealkylation sites (N-methyl/N-ethyl adjacent to an activating group) is 1. The Morgan fingerprint density at radius 1 is 1.24 bits per heavy atom. The molecule has 118 valence electrons. The number of piperazine rings is 1. The summed E-state index contributed by atoms with van der Waals surface area (Å²) in [6.07, 6.45) is 1.62. The van der Waals surface area contributed by atoms with Crippen LogP contribution in [0, 0.1) is 5.92 Å². The minimum absolute atomic E-state index is 0.479. The Bertz CT molecular complexity index is 459. The average Bonchev–Trinajstić information content (AvgIpc) is 2.42. The van der Waals surface area contributed by atoms with Crippen molar-refractivity contribution in [3.63, 3.8) is 0 Å². The molecule has 1 aromatic rings. The zero-order chi connectivity index (χ0) is 15.4. The Morgan fingerprint density at radius 3 is 2.48 bits per heavy atom. The highest BCUT2D eigenvalue weighted by Crippen LogP contribution is 2.23. The van der Waals surface area contributed by atoms with Crippen LogP contribution in [0.1, 0.15) is 13.8 Å². The van der Waals surface area contributed by atoms with Crippen molar-refractivity contribution in [3.8, 4) is 0 Å². The van der Waals surface area contributed by atoms with Crippen LogP contribution < -0.4 is 5.32 Å². The fourth-order valence-electron chi connectivity index (χ4n) is 2.69. The number of hydrogen-bond acceptors (Lipinski definition) is 4. The highest BCUT2D eigenvalue weighted by Gasteiger charge is 2.25. The highest BCUT2D eigenvalue weighted by molar-refractivity contribution is 6.35. The largest absolute Gasteiger partial charge is 0.367 e. The zero-order valence-electron chi connectivity index (χ0n) is 12.9. The van der Waals surface area contributed by atoms with E-state index in [0.717, 1.165) is 32.7 Å². The van der Waals surface area contributed by atoms with Crippen LogP contribution in [-0.4, -0.2) is 60.6 Å². The molecule has 0 radical (unpaired) electrons. The first-order valence-electron chi connectivity index (χ1n) is 7.45. The molecule has 4 nitrogen and oxygen atoms in total. The quantitative estimate of drug-likeness (QED) is 0.899. The van der Waals surface area contributed by atoms with Crippen molar-refractivity contribution in [1.29, 1.82) is 0 Å². The van der Waals surface area contributed by atoms with E-state index in [1.807, 2.05) is 0 Å². The number of rotatable bonds is 5. The molecule has 1 aromatic heterocycles. The molecule has 1 unspecified atom stereocenters. The van der Waals surface area contributed by atoms with Crippen molar-refractivity contribution in [3.05, 3.63) is 22.3 Å². The standard InChI is InChI=1S/C15H24Cl2N4/c1-11(2)14(21-6-4-20(3)5-7-21)10-19-15-13(17)8-12(16)9-18-15/h8-9,11,14H,4-7,10H2,1-3H3,(H,18,19). The van der Waals surface area contributed by atoms with Crippen molar-refractivity contribution in [2.75, 3.05) is 45.1 Å². The van der Waals surface area contributed by atoms with Gasteiger partial charge in [0.25, 0.3) is 0 Å². The lowest BCUT2D eigenvalue weighted by Crippen LogP contribution is -2.52. The van der Waals surface area contributed by atoms with Gasteiger partial charge in [-0.05, 0) is 19.0 Å². The third-order valence-corrected chi connectivity index (χ3v) is 4.56. The van der Waals surface area contributed by atoms with E-state index in [4.69, 9.17) is 23.2 Å². The van der Waals surface area contributed by atoms with E-state index in [0.29, 0.717) is 27.8 Å². The normalized spacial score (nSPS) is 19.0. The van der Waals surface area contributed by atoms with E-state index >= 15 is 0 Å². The summed E-state index contributed by atoms with van der Waals surface area (Å²) in [5.74, 6) is 1.29. The van der Waals surface area contributed by atoms with E-state index < -0.39 is 0 Å². The Hall–Kier alpha value is -0.550. The van der Waals surface area contributed by atoms with Gasteiger partial charge in [-0.1, -0.05) is 37.0 Å². The number of aromatic nitrogens is 1. The van der Waals surface area contributed by atoms with Gasteiger partial charge in [0, 0.05) is 45.0 Å². The van der Waals surface area contributed by atoms with Crippen LogP contribution in [0.15, 0.2) is 12.3 Å². The number of pyridine rings is 1. The molecule has 1 aliphatic heterocycles. The SMILES string of the molecule is CC(C)C(CNc1ncc(Cl)cc1Cl)N1CCN(C)CC1. The van der Waals surface area contributed by atoms with Crippen LogP contribution in [0.2, 0.25) is 10.0 Å². The molecule has 2 rings (SSSR count). The molecule has 1 saturated heterocycles. The molecular weight excluding hydrogens is 307 g/mol. The number of halogens is 2. The fourth-order valence-corrected chi connectivity index (χ4v) is 3.13. The molecule has 6 heteroatoms. The number of nitrogens with one attached hydrogen (secondary N) is 1. The lowest BCUT2D eigenvalue weighted by Gasteiger charge is -2.40. The summed E-state index contributed by atoms with van der Waals surface area (Å²) >= 11 is 12.0. The molecule has 0 amide bonds. The summed E-state index contributed by atoms with van der Waals surface area (Å²) < 4.78 is 0. The van der Waals surface area contributed by atoms with E-state index in [1.165, 1.54) is 0 Å². The van der Waals surface area contributed by atoms with Crippen LogP contribution in [0.3, 0.4) is 0 Å². The van der Waals surface area contributed by atoms with Gasteiger partial charge < -0.3 is 10.2 Å². The molecular formula is C15H24Cl2N4. The fraction of sp³-hybridized carbons (Fsp3) is 0.667. The molecule has 1 atom stereocenters. The minimum Gasteiger partial charge on any atom is -0.367 e. The van der Waals surface area contributed by atoms with Gasteiger partial charge in [0.05, 0.1) is 10.0 Å².